The average Bonchev–Trinajstić information content (AvgIpc) is 2.88. The van der Waals surface area contributed by atoms with Crippen LogP contribution in [0.25, 0.3) is 0 Å². The Bertz CT molecular complexity index is 903. The van der Waals surface area contributed by atoms with Crippen molar-refractivity contribution in [3.63, 3.8) is 0 Å². The van der Waals surface area contributed by atoms with E-state index in [1.54, 1.807) is 55.3 Å². The second-order valence-electron chi connectivity index (χ2n) is 8.09. The molecule has 0 spiro atoms. The van der Waals surface area contributed by atoms with E-state index in [9.17, 15) is 14.7 Å². The number of nitrogens with zero attached hydrogens (tertiary/aromatic N) is 1. The summed E-state index contributed by atoms with van der Waals surface area (Å²) >= 11 is 0. The molecular weight excluding hydrogens is 464 g/mol. The summed E-state index contributed by atoms with van der Waals surface area (Å²) in [6.07, 6.45) is 1.44. The van der Waals surface area contributed by atoms with Crippen molar-refractivity contribution in [2.24, 2.45) is 0 Å². The maximum absolute atomic E-state index is 12.9. The van der Waals surface area contributed by atoms with Crippen LogP contribution in [0.5, 0.6) is 11.5 Å². The number of anilines is 1. The molecule has 1 atom stereocenters. The number of methoxy groups -OCH3 is 1. The highest BCUT2D eigenvalue weighted by Crippen LogP contribution is 2.16. The Hall–Kier alpha value is -3.30. The molecule has 198 valence electrons. The number of urea groups is 1. The number of unbranched alkanes of at least 4 members (excludes halogenated alkanes) is 1. The standard InChI is InChI=1S/C27H38N2O7/c1-4-6-17-34-18-15-29(27(32)28-22-9-13-23(33-3)14-10-22)16-19-36-24-11-7-21(8-12-24)20-25(26(30)31)35-5-2/h7-14,25H,4-6,15-20H2,1-3H3,(H,28,32)(H,30,31). The number of benzene rings is 2. The average molecular weight is 503 g/mol. The highest BCUT2D eigenvalue weighted by atomic mass is 16.5. The summed E-state index contributed by atoms with van der Waals surface area (Å²) < 4.78 is 21.9. The van der Waals surface area contributed by atoms with Crippen molar-refractivity contribution in [2.45, 2.75) is 39.2 Å². The number of carbonyl (C=O) groups is 2. The first-order chi connectivity index (χ1) is 17.5. The van der Waals surface area contributed by atoms with Crippen LogP contribution in [0, 0.1) is 0 Å². The molecule has 2 N–H and O–H groups in total. The molecular formula is C27H38N2O7. The number of hydrogen-bond acceptors (Lipinski definition) is 6. The zero-order chi connectivity index (χ0) is 26.2. The van der Waals surface area contributed by atoms with Gasteiger partial charge in [0.1, 0.15) is 18.1 Å². The Balaban J connectivity index is 1.90. The molecule has 0 bridgehead atoms. The van der Waals surface area contributed by atoms with E-state index in [1.807, 2.05) is 12.1 Å². The predicted octanol–water partition coefficient (Wildman–Crippen LogP) is 4.46. The van der Waals surface area contributed by atoms with Crippen LogP contribution in [-0.4, -0.2) is 74.7 Å². The van der Waals surface area contributed by atoms with Crippen molar-refractivity contribution in [2.75, 3.05) is 51.9 Å². The molecule has 2 aromatic rings. The largest absolute Gasteiger partial charge is 0.497 e. The monoisotopic (exact) mass is 502 g/mol. The van der Waals surface area contributed by atoms with Crippen molar-refractivity contribution in [1.29, 1.82) is 0 Å². The highest BCUT2D eigenvalue weighted by molar-refractivity contribution is 5.89. The molecule has 9 heteroatoms. The minimum absolute atomic E-state index is 0.242. The van der Waals surface area contributed by atoms with E-state index in [0.29, 0.717) is 56.7 Å². The van der Waals surface area contributed by atoms with Gasteiger partial charge in [-0.25, -0.2) is 9.59 Å². The SMILES string of the molecule is CCCCOCCN(CCOc1ccc(CC(OCC)C(=O)O)cc1)C(=O)Nc1ccc(OC)cc1. The minimum Gasteiger partial charge on any atom is -0.497 e. The Morgan fingerprint density at radius 2 is 1.61 bits per heavy atom. The van der Waals surface area contributed by atoms with Gasteiger partial charge in [0.2, 0.25) is 0 Å². The van der Waals surface area contributed by atoms with Crippen LogP contribution in [0.4, 0.5) is 10.5 Å². The number of nitrogens with one attached hydrogen (secondary N) is 1. The predicted molar refractivity (Wildman–Crippen MR) is 138 cm³/mol. The first-order valence-electron chi connectivity index (χ1n) is 12.3. The number of carboxylic acid groups (broad SMARTS) is 1. The van der Waals surface area contributed by atoms with Crippen LogP contribution in [-0.2, 0) is 20.7 Å². The lowest BCUT2D eigenvalue weighted by Gasteiger charge is -2.23. The second-order valence-corrected chi connectivity index (χ2v) is 8.09. The number of rotatable bonds is 17. The van der Waals surface area contributed by atoms with Crippen LogP contribution in [0.15, 0.2) is 48.5 Å². The number of hydrogen-bond donors (Lipinski definition) is 2. The van der Waals surface area contributed by atoms with Crippen LogP contribution in [0.2, 0.25) is 0 Å². The lowest BCUT2D eigenvalue weighted by atomic mass is 10.1. The normalized spacial score (nSPS) is 11.5. The Morgan fingerprint density at radius 3 is 2.22 bits per heavy atom. The summed E-state index contributed by atoms with van der Waals surface area (Å²) in [7, 11) is 1.59. The molecule has 0 aliphatic heterocycles. The molecule has 0 fully saturated rings. The van der Waals surface area contributed by atoms with Crippen LogP contribution in [0.1, 0.15) is 32.3 Å². The van der Waals surface area contributed by atoms with E-state index in [4.69, 9.17) is 18.9 Å². The number of carboxylic acids is 1. The second kappa shape index (κ2) is 16.4. The summed E-state index contributed by atoms with van der Waals surface area (Å²) in [5.41, 5.74) is 1.51. The van der Waals surface area contributed by atoms with Crippen molar-refractivity contribution >= 4 is 17.7 Å². The highest BCUT2D eigenvalue weighted by Gasteiger charge is 2.18. The molecule has 0 saturated carbocycles. The van der Waals surface area contributed by atoms with Crippen molar-refractivity contribution in [3.05, 3.63) is 54.1 Å². The molecule has 0 saturated heterocycles. The summed E-state index contributed by atoms with van der Waals surface area (Å²) in [4.78, 5) is 25.8. The molecule has 9 nitrogen and oxygen atoms in total. The van der Waals surface area contributed by atoms with Crippen molar-refractivity contribution in [1.82, 2.24) is 4.90 Å². The van der Waals surface area contributed by atoms with Gasteiger partial charge in [0, 0.05) is 31.9 Å². The van der Waals surface area contributed by atoms with Gasteiger partial charge in [-0.1, -0.05) is 25.5 Å². The zero-order valence-corrected chi connectivity index (χ0v) is 21.4. The fourth-order valence-corrected chi connectivity index (χ4v) is 3.34. The third-order valence-corrected chi connectivity index (χ3v) is 5.39. The molecule has 0 radical (unpaired) electrons. The molecule has 2 amide bonds. The van der Waals surface area contributed by atoms with Gasteiger partial charge < -0.3 is 34.3 Å². The fourth-order valence-electron chi connectivity index (χ4n) is 3.34. The quantitative estimate of drug-likeness (QED) is 0.308. The minimum atomic E-state index is -0.983. The fraction of sp³-hybridized carbons (Fsp3) is 0.481. The maximum atomic E-state index is 12.9. The number of amides is 2. The first-order valence-corrected chi connectivity index (χ1v) is 12.3. The summed E-state index contributed by atoms with van der Waals surface area (Å²) in [6, 6.07) is 14.1. The number of ether oxygens (including phenoxy) is 4. The van der Waals surface area contributed by atoms with Crippen molar-refractivity contribution in [3.8, 4) is 11.5 Å². The van der Waals surface area contributed by atoms with E-state index in [0.717, 1.165) is 18.4 Å². The first kappa shape index (κ1) is 28.9. The topological polar surface area (TPSA) is 107 Å². The summed E-state index contributed by atoms with van der Waals surface area (Å²) in [5, 5.41) is 12.2. The van der Waals surface area contributed by atoms with Gasteiger partial charge in [0.25, 0.3) is 0 Å². The van der Waals surface area contributed by atoms with Crippen molar-refractivity contribution < 1.29 is 33.6 Å². The van der Waals surface area contributed by atoms with E-state index in [-0.39, 0.29) is 12.5 Å². The number of carbonyl (C=O) groups excluding carboxylic acids is 1. The Kier molecular flexibility index (Phi) is 13.2. The van der Waals surface area contributed by atoms with Gasteiger partial charge in [-0.3, -0.25) is 0 Å². The van der Waals surface area contributed by atoms with Gasteiger partial charge in [0.05, 0.1) is 20.3 Å². The van der Waals surface area contributed by atoms with Crippen LogP contribution < -0.4 is 14.8 Å². The lowest BCUT2D eigenvalue weighted by molar-refractivity contribution is -0.149. The summed E-state index contributed by atoms with van der Waals surface area (Å²) in [6.45, 7) is 6.41. The summed E-state index contributed by atoms with van der Waals surface area (Å²) in [5.74, 6) is 0.366. The van der Waals surface area contributed by atoms with Gasteiger partial charge in [0.15, 0.2) is 6.10 Å². The lowest BCUT2D eigenvalue weighted by Crippen LogP contribution is -2.40. The van der Waals surface area contributed by atoms with E-state index in [1.165, 1.54) is 0 Å². The third kappa shape index (κ3) is 10.5. The molecule has 0 aliphatic rings. The van der Waals surface area contributed by atoms with Gasteiger partial charge in [-0.15, -0.1) is 0 Å². The van der Waals surface area contributed by atoms with Gasteiger partial charge in [-0.2, -0.15) is 0 Å². The van der Waals surface area contributed by atoms with E-state index < -0.39 is 12.1 Å². The Morgan fingerprint density at radius 1 is 0.944 bits per heavy atom. The number of aliphatic carboxylic acids is 1. The molecule has 0 aromatic heterocycles. The molecule has 0 aliphatic carbocycles. The van der Waals surface area contributed by atoms with E-state index in [2.05, 4.69) is 12.2 Å². The van der Waals surface area contributed by atoms with Crippen LogP contribution >= 0.6 is 0 Å². The zero-order valence-electron chi connectivity index (χ0n) is 21.4. The molecule has 36 heavy (non-hydrogen) atoms. The Labute approximate surface area is 213 Å². The third-order valence-electron chi connectivity index (χ3n) is 5.39. The van der Waals surface area contributed by atoms with Gasteiger partial charge >= 0.3 is 12.0 Å². The molecule has 0 heterocycles. The molecule has 2 aromatic carbocycles. The molecule has 2 rings (SSSR count). The van der Waals surface area contributed by atoms with Crippen LogP contribution in [0.3, 0.4) is 0 Å². The maximum Gasteiger partial charge on any atom is 0.333 e. The molecule has 1 unspecified atom stereocenters. The van der Waals surface area contributed by atoms with E-state index >= 15 is 0 Å². The van der Waals surface area contributed by atoms with Gasteiger partial charge in [-0.05, 0) is 55.3 Å². The smallest absolute Gasteiger partial charge is 0.333 e.